The number of nitriles is 1. The summed E-state index contributed by atoms with van der Waals surface area (Å²) in [6, 6.07) is 10.1. The van der Waals surface area contributed by atoms with Gasteiger partial charge in [-0.2, -0.15) is 5.26 Å². The van der Waals surface area contributed by atoms with Crippen molar-refractivity contribution < 1.29 is 9.18 Å². The van der Waals surface area contributed by atoms with E-state index in [1.165, 1.54) is 23.5 Å². The minimum Gasteiger partial charge on any atom is -0.384 e. The molecule has 27 heavy (non-hydrogen) atoms. The molecule has 4 nitrogen and oxygen atoms in total. The van der Waals surface area contributed by atoms with Crippen molar-refractivity contribution in [2.75, 3.05) is 4.90 Å². The number of thiophene rings is 1. The molecule has 0 fully saturated rings. The lowest BCUT2D eigenvalue weighted by atomic mass is 9.78. The zero-order valence-corrected chi connectivity index (χ0v) is 16.6. The molecule has 1 aromatic heterocycles. The number of anilines is 1. The van der Waals surface area contributed by atoms with E-state index in [-0.39, 0.29) is 11.6 Å². The number of carbonyl (C=O) groups is 1. The molecular weight excluding hydrogens is 429 g/mol. The van der Waals surface area contributed by atoms with Crippen molar-refractivity contribution in [2.24, 2.45) is 5.73 Å². The molecule has 0 spiro atoms. The van der Waals surface area contributed by atoms with Gasteiger partial charge in [-0.15, -0.1) is 11.3 Å². The van der Waals surface area contributed by atoms with Gasteiger partial charge < -0.3 is 5.73 Å². The fraction of sp³-hybridized carbons (Fsp3) is 0.200. The van der Waals surface area contributed by atoms with Gasteiger partial charge in [-0.3, -0.25) is 9.69 Å². The van der Waals surface area contributed by atoms with E-state index in [1.54, 1.807) is 17.0 Å². The van der Waals surface area contributed by atoms with Crippen LogP contribution in [-0.4, -0.2) is 5.78 Å². The van der Waals surface area contributed by atoms with E-state index in [4.69, 9.17) is 5.73 Å². The van der Waals surface area contributed by atoms with Crippen LogP contribution in [0.4, 0.5) is 10.1 Å². The van der Waals surface area contributed by atoms with Crippen LogP contribution in [0.5, 0.6) is 0 Å². The fourth-order valence-electron chi connectivity index (χ4n) is 3.74. The van der Waals surface area contributed by atoms with Gasteiger partial charge >= 0.3 is 0 Å². The molecule has 1 aromatic carbocycles. The molecule has 2 N–H and O–H groups in total. The van der Waals surface area contributed by atoms with Crippen LogP contribution in [0.3, 0.4) is 0 Å². The zero-order valence-electron chi connectivity index (χ0n) is 14.2. The Labute approximate surface area is 168 Å². The summed E-state index contributed by atoms with van der Waals surface area (Å²) in [6.07, 6.45) is 1.87. The number of hydrogen-bond acceptors (Lipinski definition) is 5. The van der Waals surface area contributed by atoms with Gasteiger partial charge in [-0.1, -0.05) is 0 Å². The highest BCUT2D eigenvalue weighted by atomic mass is 79.9. The Morgan fingerprint density at radius 2 is 2.04 bits per heavy atom. The molecule has 2 heterocycles. The Morgan fingerprint density at radius 1 is 1.30 bits per heavy atom. The van der Waals surface area contributed by atoms with E-state index in [9.17, 15) is 14.4 Å². The SMILES string of the molecule is N#CC1=C(N)N(c2ccc(F)cc2)C2=C(C(=O)CCC2)C1c1cc(Br)cs1. The predicted molar refractivity (Wildman–Crippen MR) is 106 cm³/mol. The normalized spacial score (nSPS) is 20.0. The van der Waals surface area contributed by atoms with Crippen molar-refractivity contribution in [1.82, 2.24) is 0 Å². The minimum absolute atomic E-state index is 0.0399. The molecule has 0 radical (unpaired) electrons. The smallest absolute Gasteiger partial charge is 0.161 e. The first-order valence-corrected chi connectivity index (χ1v) is 10.1. The second-order valence-corrected chi connectivity index (χ2v) is 8.32. The van der Waals surface area contributed by atoms with E-state index >= 15 is 0 Å². The lowest BCUT2D eigenvalue weighted by Gasteiger charge is -2.39. The minimum atomic E-state index is -0.453. The number of nitrogens with two attached hydrogens (primary N) is 1. The van der Waals surface area contributed by atoms with E-state index in [2.05, 4.69) is 22.0 Å². The molecule has 1 aliphatic carbocycles. The summed E-state index contributed by atoms with van der Waals surface area (Å²) in [6.45, 7) is 0. The van der Waals surface area contributed by atoms with Gasteiger partial charge in [0.25, 0.3) is 0 Å². The van der Waals surface area contributed by atoms with Crippen molar-refractivity contribution in [3.05, 3.63) is 73.5 Å². The lowest BCUT2D eigenvalue weighted by Crippen LogP contribution is -2.38. The van der Waals surface area contributed by atoms with Crippen LogP contribution in [0.2, 0.25) is 0 Å². The number of ketones is 1. The molecule has 0 amide bonds. The zero-order chi connectivity index (χ0) is 19.1. The van der Waals surface area contributed by atoms with E-state index in [0.29, 0.717) is 35.5 Å². The standard InChI is InChI=1S/C20H15BrFN3OS/c21-11-8-17(27-10-11)18-14(9-23)20(24)25(13-6-4-12(22)5-7-13)15-2-1-3-16(26)19(15)18/h4-8,10,18H,1-3,24H2. The number of benzene rings is 1. The quantitative estimate of drug-likeness (QED) is 0.712. The highest BCUT2D eigenvalue weighted by Gasteiger charge is 2.40. The van der Waals surface area contributed by atoms with Crippen molar-refractivity contribution in [3.8, 4) is 6.07 Å². The Bertz CT molecular complexity index is 1030. The maximum absolute atomic E-state index is 13.4. The number of rotatable bonds is 2. The topological polar surface area (TPSA) is 70.1 Å². The number of Topliss-reactive ketones (excluding diaryl/α,β-unsaturated/α-hetero) is 1. The molecule has 0 saturated carbocycles. The highest BCUT2D eigenvalue weighted by Crippen LogP contribution is 2.47. The highest BCUT2D eigenvalue weighted by molar-refractivity contribution is 9.10. The Morgan fingerprint density at radius 3 is 2.67 bits per heavy atom. The van der Waals surface area contributed by atoms with E-state index in [0.717, 1.165) is 21.5 Å². The number of allylic oxidation sites excluding steroid dienone is 3. The fourth-order valence-corrected chi connectivity index (χ4v) is 5.30. The molecule has 7 heteroatoms. The molecule has 4 rings (SSSR count). The van der Waals surface area contributed by atoms with Gasteiger partial charge in [0, 0.05) is 38.1 Å². The van der Waals surface area contributed by atoms with E-state index in [1.807, 2.05) is 11.4 Å². The lowest BCUT2D eigenvalue weighted by molar-refractivity contribution is -0.116. The maximum Gasteiger partial charge on any atom is 0.161 e. The average molecular weight is 444 g/mol. The number of halogens is 2. The summed E-state index contributed by atoms with van der Waals surface area (Å²) in [5, 5.41) is 11.8. The van der Waals surface area contributed by atoms with Gasteiger partial charge in [0.05, 0.1) is 17.6 Å². The third kappa shape index (κ3) is 2.99. The number of hydrogen-bond donors (Lipinski definition) is 1. The second kappa shape index (κ2) is 6.95. The molecule has 2 aliphatic rings. The summed E-state index contributed by atoms with van der Waals surface area (Å²) in [4.78, 5) is 15.5. The van der Waals surface area contributed by atoms with Crippen LogP contribution in [0, 0.1) is 17.1 Å². The molecule has 1 aliphatic heterocycles. The first-order chi connectivity index (χ1) is 13.0. The first kappa shape index (κ1) is 18.0. The number of nitrogens with zero attached hydrogens (tertiary/aromatic N) is 2. The summed E-state index contributed by atoms with van der Waals surface area (Å²) >= 11 is 4.94. The predicted octanol–water partition coefficient (Wildman–Crippen LogP) is 4.95. The maximum atomic E-state index is 13.4. The van der Waals surface area contributed by atoms with Crippen LogP contribution in [0.1, 0.15) is 30.1 Å². The second-order valence-electron chi connectivity index (χ2n) is 6.46. The van der Waals surface area contributed by atoms with Gasteiger partial charge in [-0.05, 0) is 59.1 Å². The average Bonchev–Trinajstić information content (AvgIpc) is 3.08. The molecule has 0 bridgehead atoms. The molecular formula is C20H15BrFN3OS. The molecule has 136 valence electrons. The van der Waals surface area contributed by atoms with Crippen LogP contribution in [0.25, 0.3) is 0 Å². The van der Waals surface area contributed by atoms with Crippen LogP contribution in [-0.2, 0) is 4.79 Å². The van der Waals surface area contributed by atoms with Crippen LogP contribution in [0.15, 0.2) is 62.8 Å². The van der Waals surface area contributed by atoms with Gasteiger partial charge in [-0.25, -0.2) is 4.39 Å². The summed E-state index contributed by atoms with van der Waals surface area (Å²) in [5.41, 5.74) is 8.86. The third-order valence-electron chi connectivity index (χ3n) is 4.87. The molecule has 1 atom stereocenters. The Kier molecular flexibility index (Phi) is 4.62. The number of carbonyl (C=O) groups excluding carboxylic acids is 1. The molecule has 2 aromatic rings. The van der Waals surface area contributed by atoms with Gasteiger partial charge in [0.1, 0.15) is 11.6 Å². The summed E-state index contributed by atoms with van der Waals surface area (Å²) in [7, 11) is 0. The van der Waals surface area contributed by atoms with Crippen molar-refractivity contribution in [1.29, 1.82) is 5.26 Å². The van der Waals surface area contributed by atoms with E-state index < -0.39 is 5.92 Å². The van der Waals surface area contributed by atoms with Crippen molar-refractivity contribution >= 4 is 38.7 Å². The largest absolute Gasteiger partial charge is 0.384 e. The Hall–Kier alpha value is -2.43. The van der Waals surface area contributed by atoms with Gasteiger partial charge in [0.15, 0.2) is 5.78 Å². The summed E-state index contributed by atoms with van der Waals surface area (Å²) in [5.74, 6) is -0.468. The first-order valence-electron chi connectivity index (χ1n) is 8.47. The van der Waals surface area contributed by atoms with Crippen LogP contribution >= 0.6 is 27.3 Å². The molecule has 1 unspecified atom stereocenters. The monoisotopic (exact) mass is 443 g/mol. The molecule has 0 saturated heterocycles. The summed E-state index contributed by atoms with van der Waals surface area (Å²) < 4.78 is 14.3. The van der Waals surface area contributed by atoms with Gasteiger partial charge in [0.2, 0.25) is 0 Å². The third-order valence-corrected chi connectivity index (χ3v) is 6.63. The Balaban J connectivity index is 1.96. The van der Waals surface area contributed by atoms with Crippen molar-refractivity contribution in [3.63, 3.8) is 0 Å². The van der Waals surface area contributed by atoms with Crippen LogP contribution < -0.4 is 10.6 Å². The van der Waals surface area contributed by atoms with Crippen molar-refractivity contribution in [2.45, 2.75) is 25.2 Å².